The van der Waals surface area contributed by atoms with Gasteiger partial charge in [0.1, 0.15) is 0 Å². The number of amidine groups is 1. The number of amides is 2. The van der Waals surface area contributed by atoms with Gasteiger partial charge in [-0.2, -0.15) is 0 Å². The number of carbonyl (C=O) groups is 2. The van der Waals surface area contributed by atoms with E-state index in [0.29, 0.717) is 12.8 Å². The largest absolute Gasteiger partial charge is 0.342 e. The topological polar surface area (TPSA) is 56.2 Å². The minimum Gasteiger partial charge on any atom is -0.342 e. The van der Waals surface area contributed by atoms with Crippen LogP contribution in [0, 0.1) is 5.41 Å². The lowest BCUT2D eigenvalue weighted by Gasteiger charge is -2.48. The Kier molecular flexibility index (Phi) is 4.99. The first-order chi connectivity index (χ1) is 12.6. The molecule has 2 amide bonds. The predicted molar refractivity (Wildman–Crippen MR) is 104 cm³/mol. The summed E-state index contributed by atoms with van der Waals surface area (Å²) in [4.78, 5) is 35.8. The van der Waals surface area contributed by atoms with Crippen LogP contribution in [-0.4, -0.2) is 71.0 Å². The third kappa shape index (κ3) is 3.38. The van der Waals surface area contributed by atoms with Gasteiger partial charge in [-0.1, -0.05) is 11.8 Å². The van der Waals surface area contributed by atoms with Gasteiger partial charge in [-0.15, -0.1) is 0 Å². The summed E-state index contributed by atoms with van der Waals surface area (Å²) < 4.78 is 0. The first-order valence-corrected chi connectivity index (χ1v) is 10.7. The van der Waals surface area contributed by atoms with Gasteiger partial charge < -0.3 is 14.7 Å². The minimum atomic E-state index is 0.106. The van der Waals surface area contributed by atoms with Crippen molar-refractivity contribution < 1.29 is 9.59 Å². The number of nitrogens with zero attached hydrogens (tertiary/aromatic N) is 4. The van der Waals surface area contributed by atoms with E-state index in [4.69, 9.17) is 0 Å². The van der Waals surface area contributed by atoms with Gasteiger partial charge in [0, 0.05) is 56.8 Å². The maximum absolute atomic E-state index is 13.0. The van der Waals surface area contributed by atoms with E-state index >= 15 is 0 Å². The SMILES string of the molecule is CCN1CC2(CCCN(C(=O)CC3=CSC4=NCCCN34)C2)CCC1=O. The van der Waals surface area contributed by atoms with Crippen LogP contribution in [0.25, 0.3) is 0 Å². The van der Waals surface area contributed by atoms with E-state index in [1.165, 1.54) is 0 Å². The van der Waals surface area contributed by atoms with Gasteiger partial charge >= 0.3 is 0 Å². The fourth-order valence-corrected chi connectivity index (χ4v) is 5.64. The van der Waals surface area contributed by atoms with Crippen molar-refractivity contribution >= 4 is 28.7 Å². The van der Waals surface area contributed by atoms with Crippen LogP contribution in [0.3, 0.4) is 0 Å². The molecule has 1 unspecified atom stereocenters. The first-order valence-electron chi connectivity index (χ1n) is 9.83. The number of piperidine rings is 2. The highest BCUT2D eigenvalue weighted by molar-refractivity contribution is 8.16. The number of rotatable bonds is 3. The molecule has 1 spiro atoms. The lowest BCUT2D eigenvalue weighted by atomic mass is 9.73. The first kappa shape index (κ1) is 17.9. The van der Waals surface area contributed by atoms with Gasteiger partial charge in [0.2, 0.25) is 11.8 Å². The molecular weight excluding hydrogens is 348 g/mol. The predicted octanol–water partition coefficient (Wildman–Crippen LogP) is 2.28. The Labute approximate surface area is 159 Å². The summed E-state index contributed by atoms with van der Waals surface area (Å²) in [6.45, 7) is 7.16. The highest BCUT2D eigenvalue weighted by Gasteiger charge is 2.42. The molecule has 4 aliphatic rings. The molecule has 0 aromatic carbocycles. The van der Waals surface area contributed by atoms with E-state index < -0.39 is 0 Å². The lowest BCUT2D eigenvalue weighted by molar-refractivity contribution is -0.142. The van der Waals surface area contributed by atoms with Crippen molar-refractivity contribution in [2.75, 3.05) is 39.3 Å². The second kappa shape index (κ2) is 7.25. The Morgan fingerprint density at radius 3 is 3.00 bits per heavy atom. The van der Waals surface area contributed by atoms with Gasteiger partial charge in [-0.3, -0.25) is 14.6 Å². The van der Waals surface area contributed by atoms with E-state index in [0.717, 1.165) is 75.8 Å². The zero-order chi connectivity index (χ0) is 18.1. The monoisotopic (exact) mass is 376 g/mol. The average molecular weight is 377 g/mol. The number of fused-ring (bicyclic) bond motifs is 1. The van der Waals surface area contributed by atoms with Gasteiger partial charge in [0.25, 0.3) is 0 Å². The van der Waals surface area contributed by atoms with Crippen LogP contribution in [0.15, 0.2) is 16.1 Å². The van der Waals surface area contributed by atoms with E-state index in [1.807, 2.05) is 11.8 Å². The van der Waals surface area contributed by atoms with Crippen molar-refractivity contribution in [2.24, 2.45) is 10.4 Å². The Morgan fingerprint density at radius 2 is 2.15 bits per heavy atom. The third-order valence-electron chi connectivity index (χ3n) is 6.14. The fourth-order valence-electron chi connectivity index (χ4n) is 4.68. The standard InChI is InChI=1S/C19H28N4O2S/c1-2-21-13-19(7-5-16(21)24)6-3-9-22(14-19)17(25)11-15-12-26-18-20-8-4-10-23(15)18/h12H,2-11,13-14H2,1H3. The smallest absolute Gasteiger partial charge is 0.228 e. The molecule has 4 aliphatic heterocycles. The molecule has 0 saturated carbocycles. The van der Waals surface area contributed by atoms with Crippen LogP contribution in [0.5, 0.6) is 0 Å². The van der Waals surface area contributed by atoms with Crippen LogP contribution >= 0.6 is 11.8 Å². The van der Waals surface area contributed by atoms with Crippen molar-refractivity contribution in [3.8, 4) is 0 Å². The molecule has 142 valence electrons. The highest BCUT2D eigenvalue weighted by atomic mass is 32.2. The van der Waals surface area contributed by atoms with Gasteiger partial charge in [-0.25, -0.2) is 0 Å². The lowest BCUT2D eigenvalue weighted by Crippen LogP contribution is -2.55. The second-order valence-corrected chi connectivity index (χ2v) is 8.74. The molecule has 2 saturated heterocycles. The van der Waals surface area contributed by atoms with Crippen LogP contribution in [-0.2, 0) is 9.59 Å². The maximum atomic E-state index is 13.0. The highest BCUT2D eigenvalue weighted by Crippen LogP contribution is 2.39. The van der Waals surface area contributed by atoms with Crippen molar-refractivity contribution in [3.05, 3.63) is 11.1 Å². The quantitative estimate of drug-likeness (QED) is 0.758. The van der Waals surface area contributed by atoms with Crippen molar-refractivity contribution in [2.45, 2.75) is 45.4 Å². The summed E-state index contributed by atoms with van der Waals surface area (Å²) in [5.41, 5.74) is 1.21. The molecule has 4 rings (SSSR count). The minimum absolute atomic E-state index is 0.106. The summed E-state index contributed by atoms with van der Waals surface area (Å²) in [5.74, 6) is 0.495. The number of aliphatic imine (C=N–C) groups is 1. The molecule has 0 radical (unpaired) electrons. The molecule has 0 N–H and O–H groups in total. The number of hydrogen-bond acceptors (Lipinski definition) is 5. The number of carbonyl (C=O) groups excluding carboxylic acids is 2. The molecule has 0 bridgehead atoms. The molecule has 0 aliphatic carbocycles. The summed E-state index contributed by atoms with van der Waals surface area (Å²) in [6, 6.07) is 0. The number of thioether (sulfide) groups is 1. The van der Waals surface area contributed by atoms with Crippen molar-refractivity contribution in [1.82, 2.24) is 14.7 Å². The van der Waals surface area contributed by atoms with Crippen LogP contribution in [0.4, 0.5) is 0 Å². The van der Waals surface area contributed by atoms with Crippen molar-refractivity contribution in [1.29, 1.82) is 0 Å². The summed E-state index contributed by atoms with van der Waals surface area (Å²) in [6.07, 6.45) is 5.25. The molecule has 26 heavy (non-hydrogen) atoms. The Hall–Kier alpha value is -1.50. The second-order valence-electron chi connectivity index (χ2n) is 7.90. The zero-order valence-corrected chi connectivity index (χ0v) is 16.4. The van der Waals surface area contributed by atoms with E-state index in [1.54, 1.807) is 11.8 Å². The van der Waals surface area contributed by atoms with E-state index in [9.17, 15) is 9.59 Å². The average Bonchev–Trinajstić information content (AvgIpc) is 3.07. The summed E-state index contributed by atoms with van der Waals surface area (Å²) in [7, 11) is 0. The Balaban J connectivity index is 1.40. The fraction of sp³-hybridized carbons (Fsp3) is 0.737. The molecule has 4 heterocycles. The zero-order valence-electron chi connectivity index (χ0n) is 15.6. The van der Waals surface area contributed by atoms with Gasteiger partial charge in [0.05, 0.1) is 6.42 Å². The molecule has 1 atom stereocenters. The third-order valence-corrected chi connectivity index (χ3v) is 7.09. The molecule has 6 nitrogen and oxygen atoms in total. The summed E-state index contributed by atoms with van der Waals surface area (Å²) in [5, 5.41) is 3.15. The molecule has 2 fully saturated rings. The molecule has 0 aromatic heterocycles. The Morgan fingerprint density at radius 1 is 1.27 bits per heavy atom. The molecule has 0 aromatic rings. The van der Waals surface area contributed by atoms with Gasteiger partial charge in [0.15, 0.2) is 5.17 Å². The van der Waals surface area contributed by atoms with Gasteiger partial charge in [-0.05, 0) is 38.0 Å². The van der Waals surface area contributed by atoms with Crippen molar-refractivity contribution in [3.63, 3.8) is 0 Å². The summed E-state index contributed by atoms with van der Waals surface area (Å²) >= 11 is 1.65. The van der Waals surface area contributed by atoms with Crippen LogP contribution in [0.1, 0.15) is 45.4 Å². The van der Waals surface area contributed by atoms with Crippen LogP contribution < -0.4 is 0 Å². The molecule has 7 heteroatoms. The molecular formula is C19H28N4O2S. The normalized spacial score (nSPS) is 29.0. The van der Waals surface area contributed by atoms with Crippen LogP contribution in [0.2, 0.25) is 0 Å². The van der Waals surface area contributed by atoms with E-state index in [2.05, 4.69) is 20.2 Å². The number of likely N-dealkylation sites (tertiary alicyclic amines) is 2. The Bertz CT molecular complexity index is 662. The maximum Gasteiger partial charge on any atom is 0.228 e. The van der Waals surface area contributed by atoms with E-state index in [-0.39, 0.29) is 17.2 Å². The number of hydrogen-bond donors (Lipinski definition) is 0.